The number of halogens is 3. The number of hydrogen-bond donors (Lipinski definition) is 2. The van der Waals surface area contributed by atoms with E-state index in [1.807, 2.05) is 48.5 Å². The molecule has 1 aliphatic carbocycles. The number of nitrogens with zero attached hydrogens (tertiary/aromatic N) is 3. The van der Waals surface area contributed by atoms with Crippen molar-refractivity contribution in [1.29, 1.82) is 0 Å². The number of aromatic nitrogens is 3. The van der Waals surface area contributed by atoms with Gasteiger partial charge in [-0.2, -0.15) is 0 Å². The van der Waals surface area contributed by atoms with E-state index in [9.17, 15) is 14.4 Å². The minimum atomic E-state index is -0.328. The van der Waals surface area contributed by atoms with E-state index in [1.54, 1.807) is 13.1 Å². The molecule has 3 aromatic heterocycles. The van der Waals surface area contributed by atoms with E-state index in [-0.39, 0.29) is 23.8 Å². The topological polar surface area (TPSA) is 99.3 Å². The maximum atomic E-state index is 12.3. The Morgan fingerprint density at radius 1 is 0.548 bits per heavy atom. The van der Waals surface area contributed by atoms with Gasteiger partial charge >= 0.3 is 5.97 Å². The number of esters is 1. The number of carbonyl (C=O) groups excluding carboxylic acids is 3. The summed E-state index contributed by atoms with van der Waals surface area (Å²) in [5.74, 6) is 0.602. The molecule has 9 nitrogen and oxygen atoms in total. The summed E-state index contributed by atoms with van der Waals surface area (Å²) in [6.07, 6.45) is 2.19. The zero-order chi connectivity index (χ0) is 46.1. The molecule has 3 aromatic carbocycles. The van der Waals surface area contributed by atoms with Crippen LogP contribution in [0.15, 0.2) is 54.6 Å². The Balaban J connectivity index is 0.000000176. The lowest BCUT2D eigenvalue weighted by Crippen LogP contribution is -2.25. The molecule has 3 heterocycles. The fraction of sp³-hybridized carbons (Fsp3) is 0.460. The number of ether oxygens (including phenoxy) is 1. The van der Waals surface area contributed by atoms with Crippen molar-refractivity contribution in [2.75, 3.05) is 14.2 Å². The van der Waals surface area contributed by atoms with Crippen LogP contribution in [0.25, 0.3) is 32.7 Å². The molecular formula is C50H64Cl3N5O4. The molecule has 12 heteroatoms. The zero-order valence-corrected chi connectivity index (χ0v) is 41.0. The Labute approximate surface area is 382 Å². The monoisotopic (exact) mass is 903 g/mol. The van der Waals surface area contributed by atoms with Crippen molar-refractivity contribution in [2.45, 2.75) is 138 Å². The molecule has 2 N–H and O–H groups in total. The predicted molar refractivity (Wildman–Crippen MR) is 259 cm³/mol. The molecule has 0 saturated heterocycles. The van der Waals surface area contributed by atoms with Gasteiger partial charge in [-0.05, 0) is 109 Å². The molecule has 62 heavy (non-hydrogen) atoms. The second-order valence-electron chi connectivity index (χ2n) is 18.0. The van der Waals surface area contributed by atoms with Crippen LogP contribution in [0.2, 0.25) is 15.1 Å². The number of methoxy groups -OCH3 is 1. The van der Waals surface area contributed by atoms with Gasteiger partial charge in [-0.1, -0.05) is 94.5 Å². The number of fused-ring (bicyclic) bond motifs is 3. The highest BCUT2D eigenvalue weighted by Gasteiger charge is 2.26. The van der Waals surface area contributed by atoms with Crippen molar-refractivity contribution in [1.82, 2.24) is 24.3 Å². The molecule has 1 fully saturated rings. The maximum absolute atomic E-state index is 12.3. The SMILES string of the molecule is CC(C)c1c(Cl)c2ccc(C(=O)NC3CC3)cc2n1C(C)C.CNC(=O)c1ccc2c(Cl)c(C(C)C)n(C(C)C)c2c1.COC(=O)c1ccc2c(Cl)c(C(C)C)n(C(C)C)c2c1. The number of amides is 2. The first-order valence-electron chi connectivity index (χ1n) is 21.8. The first-order chi connectivity index (χ1) is 29.2. The third-order valence-electron chi connectivity index (χ3n) is 11.2. The minimum absolute atomic E-state index is 0.0168. The fourth-order valence-corrected chi connectivity index (χ4v) is 9.71. The molecule has 6 aromatic rings. The van der Waals surface area contributed by atoms with Gasteiger partial charge < -0.3 is 29.1 Å². The van der Waals surface area contributed by atoms with E-state index < -0.39 is 0 Å². The van der Waals surface area contributed by atoms with Crippen molar-refractivity contribution < 1.29 is 19.1 Å². The Morgan fingerprint density at radius 2 is 0.871 bits per heavy atom. The minimum Gasteiger partial charge on any atom is -0.465 e. The van der Waals surface area contributed by atoms with Crippen molar-refractivity contribution in [2.24, 2.45) is 0 Å². The Morgan fingerprint density at radius 3 is 1.16 bits per heavy atom. The molecule has 0 radical (unpaired) electrons. The van der Waals surface area contributed by atoms with Gasteiger partial charge in [0.05, 0.1) is 44.3 Å². The van der Waals surface area contributed by atoms with Gasteiger partial charge in [-0.25, -0.2) is 4.79 Å². The highest BCUT2D eigenvalue weighted by molar-refractivity contribution is 6.37. The molecule has 7 rings (SSSR count). The van der Waals surface area contributed by atoms with Crippen molar-refractivity contribution in [3.8, 4) is 0 Å². The van der Waals surface area contributed by atoms with Gasteiger partial charge in [0.15, 0.2) is 0 Å². The van der Waals surface area contributed by atoms with Gasteiger partial charge in [0, 0.05) is 75.6 Å². The number of nitrogens with one attached hydrogen (secondary N) is 2. The summed E-state index contributed by atoms with van der Waals surface area (Å²) in [6.45, 7) is 25.6. The van der Waals surface area contributed by atoms with E-state index in [0.29, 0.717) is 52.6 Å². The highest BCUT2D eigenvalue weighted by Crippen LogP contribution is 2.40. The maximum Gasteiger partial charge on any atom is 0.337 e. The van der Waals surface area contributed by atoms with Gasteiger partial charge in [0.2, 0.25) is 0 Å². The first-order valence-corrected chi connectivity index (χ1v) is 22.9. The third kappa shape index (κ3) is 9.85. The summed E-state index contributed by atoms with van der Waals surface area (Å²) in [7, 11) is 3.03. The molecule has 334 valence electrons. The predicted octanol–water partition coefficient (Wildman–Crippen LogP) is 14.0. The van der Waals surface area contributed by atoms with Gasteiger partial charge in [-0.3, -0.25) is 9.59 Å². The molecule has 0 unspecified atom stereocenters. The fourth-order valence-electron chi connectivity index (χ4n) is 8.30. The second-order valence-corrected chi connectivity index (χ2v) is 19.1. The third-order valence-corrected chi connectivity index (χ3v) is 12.4. The van der Waals surface area contributed by atoms with E-state index in [1.165, 1.54) is 7.11 Å². The highest BCUT2D eigenvalue weighted by atomic mass is 35.5. The number of hydrogen-bond acceptors (Lipinski definition) is 4. The van der Waals surface area contributed by atoms with Crippen molar-refractivity contribution >= 4 is 85.3 Å². The van der Waals surface area contributed by atoms with Crippen LogP contribution in [0, 0.1) is 0 Å². The zero-order valence-electron chi connectivity index (χ0n) is 38.8. The van der Waals surface area contributed by atoms with Crippen LogP contribution in [0.1, 0.15) is 180 Å². The van der Waals surface area contributed by atoms with Gasteiger partial charge in [0.25, 0.3) is 11.8 Å². The standard InChI is InChI=1S/C18H23ClN2O.C16H21ClN2O.C16H20ClNO2/c1-10(2)17-16(19)14-8-5-12(18(22)20-13-6-7-13)9-15(14)21(17)11(3)4;1-9(2)15-14(17)12-7-6-11(16(20)18-5)8-13(12)19(15)10(3)4;1-9(2)15-14(17)12-7-6-11(16(19)20-5)8-13(12)18(15)10(3)4/h5,8-11,13H,6-7H2,1-4H3,(H,20,22);6-10H,1-5H3,(H,18,20);6-10H,1-5H3. The second kappa shape index (κ2) is 19.9. The summed E-state index contributed by atoms with van der Waals surface area (Å²) in [5.41, 5.74) is 8.36. The van der Waals surface area contributed by atoms with Crippen LogP contribution < -0.4 is 10.6 Å². The summed E-state index contributed by atoms with van der Waals surface area (Å²) >= 11 is 19.7. The molecule has 0 atom stereocenters. The van der Waals surface area contributed by atoms with Crippen molar-refractivity contribution in [3.63, 3.8) is 0 Å². The first kappa shape index (κ1) is 48.6. The van der Waals surface area contributed by atoms with Crippen LogP contribution in [-0.4, -0.2) is 51.7 Å². The van der Waals surface area contributed by atoms with Crippen molar-refractivity contribution in [3.05, 3.63) is 103 Å². The summed E-state index contributed by atoms with van der Waals surface area (Å²) in [4.78, 5) is 35.8. The average Bonchev–Trinajstić information content (AvgIpc) is 3.82. The lowest BCUT2D eigenvalue weighted by atomic mass is 10.1. The largest absolute Gasteiger partial charge is 0.465 e. The number of carbonyl (C=O) groups is 3. The summed E-state index contributed by atoms with van der Waals surface area (Å²) in [6, 6.07) is 18.3. The Kier molecular flexibility index (Phi) is 15.6. The van der Waals surface area contributed by atoms with Gasteiger partial charge in [0.1, 0.15) is 0 Å². The lowest BCUT2D eigenvalue weighted by Gasteiger charge is -2.17. The molecule has 0 bridgehead atoms. The normalized spacial score (nSPS) is 12.8. The lowest BCUT2D eigenvalue weighted by molar-refractivity contribution is 0.0600. The molecule has 1 saturated carbocycles. The van der Waals surface area contributed by atoms with Crippen LogP contribution in [0.4, 0.5) is 0 Å². The van der Waals surface area contributed by atoms with E-state index in [0.717, 1.165) is 77.7 Å². The molecule has 1 aliphatic rings. The summed E-state index contributed by atoms with van der Waals surface area (Å²) < 4.78 is 11.5. The Hall–Kier alpha value is -4.44. The van der Waals surface area contributed by atoms with Crippen LogP contribution in [0.5, 0.6) is 0 Å². The smallest absolute Gasteiger partial charge is 0.337 e. The molecular weight excluding hydrogens is 841 g/mol. The molecule has 0 aliphatic heterocycles. The number of rotatable bonds is 10. The molecule has 2 amide bonds. The van der Waals surface area contributed by atoms with E-state index in [4.69, 9.17) is 39.5 Å². The van der Waals surface area contributed by atoms with Crippen LogP contribution >= 0.6 is 34.8 Å². The van der Waals surface area contributed by atoms with Gasteiger partial charge in [-0.15, -0.1) is 0 Å². The van der Waals surface area contributed by atoms with Crippen LogP contribution in [-0.2, 0) is 4.74 Å². The number of benzene rings is 3. The molecule has 0 spiro atoms. The quantitative estimate of drug-likeness (QED) is 0.134. The summed E-state index contributed by atoms with van der Waals surface area (Å²) in [5, 5.41) is 11.1. The van der Waals surface area contributed by atoms with E-state index >= 15 is 0 Å². The Bertz CT molecular complexity index is 2490. The average molecular weight is 905 g/mol. The van der Waals surface area contributed by atoms with E-state index in [2.05, 4.69) is 107 Å². The van der Waals surface area contributed by atoms with Crippen LogP contribution in [0.3, 0.4) is 0 Å².